The van der Waals surface area contributed by atoms with Crippen LogP contribution in [0.1, 0.15) is 42.5 Å². The minimum absolute atomic E-state index is 0.0417. The third kappa shape index (κ3) is 8.78. The average molecular weight is 725 g/mol. The number of anilines is 1. The summed E-state index contributed by atoms with van der Waals surface area (Å²) in [6, 6.07) is 27.4. The highest BCUT2D eigenvalue weighted by molar-refractivity contribution is 9.10. The zero-order valence-electron chi connectivity index (χ0n) is 26.4. The minimum Gasteiger partial charge on any atom is -0.352 e. The second kappa shape index (κ2) is 15.8. The van der Waals surface area contributed by atoms with Crippen LogP contribution in [0.3, 0.4) is 0 Å². The van der Waals surface area contributed by atoms with Crippen molar-refractivity contribution in [1.29, 1.82) is 0 Å². The van der Waals surface area contributed by atoms with E-state index in [1.165, 1.54) is 17.0 Å². The smallest absolute Gasteiger partial charge is 0.264 e. The normalized spacial score (nSPS) is 12.7. The van der Waals surface area contributed by atoms with E-state index in [1.807, 2.05) is 75.4 Å². The van der Waals surface area contributed by atoms with E-state index in [9.17, 15) is 18.0 Å². The van der Waals surface area contributed by atoms with E-state index in [4.69, 9.17) is 11.6 Å². The van der Waals surface area contributed by atoms with Gasteiger partial charge in [0.15, 0.2) is 0 Å². The number of hydrogen-bond acceptors (Lipinski definition) is 4. The lowest BCUT2D eigenvalue weighted by Gasteiger charge is -2.34. The molecule has 0 aliphatic carbocycles. The van der Waals surface area contributed by atoms with Gasteiger partial charge in [0.05, 0.1) is 10.6 Å². The SMILES string of the molecule is CC[C@@H](C)NC(=O)[C@@H](Cc1ccccc1)N(Cc1ccc(Br)cc1)C(=O)CN(c1cccc(Cl)c1C)S(=O)(=O)c1ccc(C)cc1. The van der Waals surface area contributed by atoms with E-state index in [2.05, 4.69) is 21.2 Å². The third-order valence-electron chi connectivity index (χ3n) is 7.93. The highest BCUT2D eigenvalue weighted by Gasteiger charge is 2.35. The van der Waals surface area contributed by atoms with Crippen molar-refractivity contribution in [3.05, 3.63) is 129 Å². The van der Waals surface area contributed by atoms with Crippen molar-refractivity contribution in [3.8, 4) is 0 Å². The van der Waals surface area contributed by atoms with Gasteiger partial charge in [0.2, 0.25) is 11.8 Å². The standard InChI is InChI=1S/C36H39BrClN3O4S/c1-5-26(3)39-36(43)34(22-28-10-7-6-8-11-28)40(23-29-16-18-30(37)19-17-29)35(42)24-41(33-13-9-12-32(38)27(33)4)46(44,45)31-20-14-25(2)15-21-31/h6-21,26,34H,5,22-24H2,1-4H3,(H,39,43)/t26-,34-/m1/s1. The Kier molecular flexibility index (Phi) is 12.1. The van der Waals surface area contributed by atoms with Crippen molar-refractivity contribution in [1.82, 2.24) is 10.2 Å². The number of nitrogens with zero attached hydrogens (tertiary/aromatic N) is 2. The fraction of sp³-hybridized carbons (Fsp3) is 0.278. The lowest BCUT2D eigenvalue weighted by molar-refractivity contribution is -0.140. The van der Waals surface area contributed by atoms with Crippen molar-refractivity contribution in [3.63, 3.8) is 0 Å². The fourth-order valence-corrected chi connectivity index (χ4v) is 6.90. The first-order valence-electron chi connectivity index (χ1n) is 15.1. The first-order chi connectivity index (χ1) is 21.9. The summed E-state index contributed by atoms with van der Waals surface area (Å²) in [5, 5.41) is 3.42. The van der Waals surface area contributed by atoms with Crippen LogP contribution < -0.4 is 9.62 Å². The maximum absolute atomic E-state index is 14.6. The molecule has 0 aliphatic rings. The van der Waals surface area contributed by atoms with Gasteiger partial charge in [0, 0.05) is 28.5 Å². The van der Waals surface area contributed by atoms with Gasteiger partial charge in [-0.1, -0.05) is 101 Å². The summed E-state index contributed by atoms with van der Waals surface area (Å²) < 4.78 is 30.5. The number of halogens is 2. The molecule has 0 spiro atoms. The van der Waals surface area contributed by atoms with Crippen molar-refractivity contribution < 1.29 is 18.0 Å². The molecule has 0 heterocycles. The van der Waals surface area contributed by atoms with E-state index in [-0.39, 0.29) is 35.5 Å². The quantitative estimate of drug-likeness (QED) is 0.155. The number of carbonyl (C=O) groups excluding carboxylic acids is 2. The van der Waals surface area contributed by atoms with Gasteiger partial charge in [0.1, 0.15) is 12.6 Å². The largest absolute Gasteiger partial charge is 0.352 e. The maximum atomic E-state index is 14.6. The average Bonchev–Trinajstić information content (AvgIpc) is 3.04. The lowest BCUT2D eigenvalue weighted by atomic mass is 10.0. The van der Waals surface area contributed by atoms with Crippen molar-refractivity contribution in [2.75, 3.05) is 10.8 Å². The number of sulfonamides is 1. The molecule has 0 unspecified atom stereocenters. The van der Waals surface area contributed by atoms with Gasteiger partial charge in [-0.15, -0.1) is 0 Å². The summed E-state index contributed by atoms with van der Waals surface area (Å²) in [5.41, 5.74) is 3.36. The van der Waals surface area contributed by atoms with Crippen LogP contribution in [0.25, 0.3) is 0 Å². The van der Waals surface area contributed by atoms with E-state index in [1.54, 1.807) is 37.3 Å². The predicted molar refractivity (Wildman–Crippen MR) is 188 cm³/mol. The first-order valence-corrected chi connectivity index (χ1v) is 17.7. The molecule has 4 aromatic rings. The van der Waals surface area contributed by atoms with E-state index in [0.29, 0.717) is 17.0 Å². The summed E-state index contributed by atoms with van der Waals surface area (Å²) in [5.74, 6) is -0.839. The van der Waals surface area contributed by atoms with Crippen LogP contribution in [0.2, 0.25) is 5.02 Å². The zero-order valence-corrected chi connectivity index (χ0v) is 29.6. The number of benzene rings is 4. The van der Waals surface area contributed by atoms with Gasteiger partial charge >= 0.3 is 0 Å². The molecule has 0 aliphatic heterocycles. The van der Waals surface area contributed by atoms with Gasteiger partial charge in [0.25, 0.3) is 10.0 Å². The van der Waals surface area contributed by atoms with Crippen LogP contribution in [0.5, 0.6) is 0 Å². The molecule has 0 saturated heterocycles. The fourth-order valence-electron chi connectivity index (χ4n) is 5.00. The molecule has 46 heavy (non-hydrogen) atoms. The van der Waals surface area contributed by atoms with Crippen molar-refractivity contribution in [2.24, 2.45) is 0 Å². The summed E-state index contributed by atoms with van der Waals surface area (Å²) >= 11 is 9.93. The van der Waals surface area contributed by atoms with Crippen LogP contribution in [0.4, 0.5) is 5.69 Å². The molecule has 10 heteroatoms. The molecule has 4 aromatic carbocycles. The van der Waals surface area contributed by atoms with Crippen LogP contribution in [-0.2, 0) is 32.6 Å². The van der Waals surface area contributed by atoms with E-state index >= 15 is 0 Å². The molecule has 0 bridgehead atoms. The molecule has 2 atom stereocenters. The molecule has 1 N–H and O–H groups in total. The van der Waals surface area contributed by atoms with Gasteiger partial charge in [-0.2, -0.15) is 0 Å². The molecule has 7 nitrogen and oxygen atoms in total. The lowest BCUT2D eigenvalue weighted by Crippen LogP contribution is -2.54. The molecule has 0 aromatic heterocycles. The molecule has 0 radical (unpaired) electrons. The Hall–Kier alpha value is -3.66. The Morgan fingerprint density at radius 1 is 0.870 bits per heavy atom. The van der Waals surface area contributed by atoms with Crippen LogP contribution >= 0.6 is 27.5 Å². The summed E-state index contributed by atoms with van der Waals surface area (Å²) in [7, 11) is -4.22. The number of rotatable bonds is 13. The Morgan fingerprint density at radius 2 is 1.52 bits per heavy atom. The molecule has 0 saturated carbocycles. The molecular weight excluding hydrogens is 686 g/mol. The summed E-state index contributed by atoms with van der Waals surface area (Å²) in [4.78, 5) is 30.1. The van der Waals surface area contributed by atoms with Crippen molar-refractivity contribution >= 4 is 55.1 Å². The van der Waals surface area contributed by atoms with Gasteiger partial charge in [-0.25, -0.2) is 8.42 Å². The number of aryl methyl sites for hydroxylation is 1. The van der Waals surface area contributed by atoms with Crippen LogP contribution in [0.15, 0.2) is 106 Å². The van der Waals surface area contributed by atoms with Gasteiger partial charge in [-0.3, -0.25) is 13.9 Å². The second-order valence-electron chi connectivity index (χ2n) is 11.4. The Morgan fingerprint density at radius 3 is 2.15 bits per heavy atom. The summed E-state index contributed by atoms with van der Waals surface area (Å²) in [6.45, 7) is 7.02. The number of hydrogen-bond donors (Lipinski definition) is 1. The van der Waals surface area contributed by atoms with Crippen LogP contribution in [-0.4, -0.2) is 43.8 Å². The molecule has 4 rings (SSSR count). The number of amides is 2. The zero-order chi connectivity index (χ0) is 33.4. The monoisotopic (exact) mass is 723 g/mol. The topological polar surface area (TPSA) is 86.8 Å². The Balaban J connectivity index is 1.83. The Labute approximate surface area is 285 Å². The summed E-state index contributed by atoms with van der Waals surface area (Å²) in [6.07, 6.45) is 0.952. The molecule has 242 valence electrons. The third-order valence-corrected chi connectivity index (χ3v) is 10.6. The van der Waals surface area contributed by atoms with E-state index in [0.717, 1.165) is 25.5 Å². The van der Waals surface area contributed by atoms with Gasteiger partial charge in [-0.05, 0) is 80.3 Å². The molecule has 2 amide bonds. The second-order valence-corrected chi connectivity index (χ2v) is 14.6. The molecular formula is C36H39BrClN3O4S. The highest BCUT2D eigenvalue weighted by atomic mass is 79.9. The number of carbonyl (C=O) groups is 2. The predicted octanol–water partition coefficient (Wildman–Crippen LogP) is 7.47. The maximum Gasteiger partial charge on any atom is 0.264 e. The molecule has 0 fully saturated rings. The number of nitrogens with one attached hydrogen (secondary N) is 1. The first kappa shape index (κ1) is 35.2. The Bertz CT molecular complexity index is 1750. The van der Waals surface area contributed by atoms with E-state index < -0.39 is 28.5 Å². The highest BCUT2D eigenvalue weighted by Crippen LogP contribution is 2.31. The van der Waals surface area contributed by atoms with Gasteiger partial charge < -0.3 is 10.2 Å². The van der Waals surface area contributed by atoms with Crippen LogP contribution in [0, 0.1) is 13.8 Å². The minimum atomic E-state index is -4.22. The van der Waals surface area contributed by atoms with Crippen molar-refractivity contribution in [2.45, 2.75) is 64.1 Å².